The van der Waals surface area contributed by atoms with Gasteiger partial charge in [0.1, 0.15) is 0 Å². The molecule has 4 heteroatoms. The highest BCUT2D eigenvalue weighted by Crippen LogP contribution is 2.16. The third-order valence-corrected chi connectivity index (χ3v) is 2.67. The first-order valence-electron chi connectivity index (χ1n) is 5.76. The van der Waals surface area contributed by atoms with Gasteiger partial charge in [-0.3, -0.25) is 0 Å². The van der Waals surface area contributed by atoms with Crippen molar-refractivity contribution in [1.82, 2.24) is 0 Å². The Labute approximate surface area is 91.6 Å². The summed E-state index contributed by atoms with van der Waals surface area (Å²) in [5.41, 5.74) is 0. The molecular formula is C11H24O4. The third kappa shape index (κ3) is 7.73. The van der Waals surface area contributed by atoms with Crippen LogP contribution in [-0.2, 0) is 0 Å². The van der Waals surface area contributed by atoms with Crippen LogP contribution < -0.4 is 0 Å². The second-order valence-corrected chi connectivity index (χ2v) is 3.95. The average Bonchev–Trinajstić information content (AvgIpc) is 2.24. The number of unbranched alkanes of at least 4 members (excludes halogenated alkanes) is 2. The van der Waals surface area contributed by atoms with Crippen LogP contribution in [0, 0.1) is 5.92 Å². The zero-order chi connectivity index (χ0) is 11.5. The summed E-state index contributed by atoms with van der Waals surface area (Å²) in [6.07, 6.45) is 3.93. The van der Waals surface area contributed by atoms with Crippen molar-refractivity contribution >= 4 is 0 Å². The fourth-order valence-electron chi connectivity index (χ4n) is 1.62. The van der Waals surface area contributed by atoms with Gasteiger partial charge in [-0.25, -0.2) is 0 Å². The summed E-state index contributed by atoms with van der Waals surface area (Å²) in [4.78, 5) is 0. The van der Waals surface area contributed by atoms with Crippen molar-refractivity contribution in [3.63, 3.8) is 0 Å². The number of aliphatic hydroxyl groups is 4. The second-order valence-electron chi connectivity index (χ2n) is 3.95. The largest absolute Gasteiger partial charge is 0.396 e. The molecule has 0 spiro atoms. The summed E-state index contributed by atoms with van der Waals surface area (Å²) in [7, 11) is 0. The van der Waals surface area contributed by atoms with Crippen molar-refractivity contribution in [1.29, 1.82) is 0 Å². The average molecular weight is 220 g/mol. The topological polar surface area (TPSA) is 80.9 Å². The Hall–Kier alpha value is -0.160. The van der Waals surface area contributed by atoms with Crippen LogP contribution in [0.4, 0.5) is 0 Å². The van der Waals surface area contributed by atoms with E-state index in [0.29, 0.717) is 12.8 Å². The van der Waals surface area contributed by atoms with Crippen molar-refractivity contribution in [2.75, 3.05) is 19.8 Å². The Bertz CT molecular complexity index is 130. The Morgan fingerprint density at radius 2 is 1.27 bits per heavy atom. The third-order valence-electron chi connectivity index (χ3n) is 2.67. The smallest absolute Gasteiger partial charge is 0.0590 e. The fourth-order valence-corrected chi connectivity index (χ4v) is 1.62. The van der Waals surface area contributed by atoms with Crippen LogP contribution in [0.5, 0.6) is 0 Å². The van der Waals surface area contributed by atoms with E-state index < -0.39 is 6.10 Å². The van der Waals surface area contributed by atoms with Gasteiger partial charge in [-0.05, 0) is 32.1 Å². The van der Waals surface area contributed by atoms with Gasteiger partial charge in [-0.1, -0.05) is 6.42 Å². The molecule has 0 heterocycles. The molecule has 0 aromatic heterocycles. The predicted molar refractivity (Wildman–Crippen MR) is 58.5 cm³/mol. The van der Waals surface area contributed by atoms with Gasteiger partial charge in [-0.15, -0.1) is 0 Å². The van der Waals surface area contributed by atoms with Crippen molar-refractivity contribution in [3.05, 3.63) is 0 Å². The Morgan fingerprint density at radius 3 is 1.73 bits per heavy atom. The first-order valence-corrected chi connectivity index (χ1v) is 5.76. The molecule has 0 radical (unpaired) electrons. The van der Waals surface area contributed by atoms with Crippen molar-refractivity contribution in [2.24, 2.45) is 5.92 Å². The van der Waals surface area contributed by atoms with Gasteiger partial charge in [0.25, 0.3) is 0 Å². The summed E-state index contributed by atoms with van der Waals surface area (Å²) in [6, 6.07) is 0. The van der Waals surface area contributed by atoms with Gasteiger partial charge in [0, 0.05) is 25.7 Å². The lowest BCUT2D eigenvalue weighted by molar-refractivity contribution is 0.0514. The van der Waals surface area contributed by atoms with Gasteiger partial charge in [0.05, 0.1) is 6.10 Å². The minimum absolute atomic E-state index is 0.00821. The Morgan fingerprint density at radius 1 is 0.733 bits per heavy atom. The summed E-state index contributed by atoms with van der Waals surface area (Å²) >= 11 is 0. The van der Waals surface area contributed by atoms with Crippen LogP contribution in [0.3, 0.4) is 0 Å². The summed E-state index contributed by atoms with van der Waals surface area (Å²) in [6.45, 7) is 0.311. The molecule has 0 aliphatic rings. The molecule has 92 valence electrons. The van der Waals surface area contributed by atoms with E-state index in [2.05, 4.69) is 0 Å². The highest BCUT2D eigenvalue weighted by molar-refractivity contribution is 4.68. The van der Waals surface area contributed by atoms with E-state index in [0.717, 1.165) is 25.7 Å². The monoisotopic (exact) mass is 220 g/mol. The van der Waals surface area contributed by atoms with Gasteiger partial charge in [0.15, 0.2) is 0 Å². The maximum absolute atomic E-state index is 9.73. The van der Waals surface area contributed by atoms with Gasteiger partial charge in [-0.2, -0.15) is 0 Å². The van der Waals surface area contributed by atoms with Crippen LogP contribution in [0.25, 0.3) is 0 Å². The number of rotatable bonds is 10. The van der Waals surface area contributed by atoms with Crippen LogP contribution in [0.15, 0.2) is 0 Å². The fraction of sp³-hybridized carbons (Fsp3) is 1.00. The summed E-state index contributed by atoms with van der Waals surface area (Å²) < 4.78 is 0. The molecule has 0 aromatic carbocycles. The van der Waals surface area contributed by atoms with E-state index in [-0.39, 0.29) is 25.7 Å². The predicted octanol–water partition coefficient (Wildman–Crippen LogP) is 0.281. The molecular weight excluding hydrogens is 196 g/mol. The molecule has 0 saturated carbocycles. The number of aliphatic hydroxyl groups excluding tert-OH is 4. The maximum atomic E-state index is 9.73. The van der Waals surface area contributed by atoms with Crippen LogP contribution in [0.2, 0.25) is 0 Å². The van der Waals surface area contributed by atoms with E-state index >= 15 is 0 Å². The molecule has 4 N–H and O–H groups in total. The lowest BCUT2D eigenvalue weighted by Gasteiger charge is -2.20. The van der Waals surface area contributed by atoms with Gasteiger partial charge in [0.2, 0.25) is 0 Å². The van der Waals surface area contributed by atoms with Gasteiger partial charge < -0.3 is 20.4 Å². The highest BCUT2D eigenvalue weighted by atomic mass is 16.3. The molecule has 2 atom stereocenters. The van der Waals surface area contributed by atoms with E-state index in [1.807, 2.05) is 0 Å². The second kappa shape index (κ2) is 10.4. The van der Waals surface area contributed by atoms with E-state index in [1.165, 1.54) is 0 Å². The first-order chi connectivity index (χ1) is 7.26. The van der Waals surface area contributed by atoms with Crippen molar-refractivity contribution < 1.29 is 20.4 Å². The zero-order valence-corrected chi connectivity index (χ0v) is 9.31. The molecule has 0 fully saturated rings. The lowest BCUT2D eigenvalue weighted by atomic mass is 9.93. The van der Waals surface area contributed by atoms with Crippen LogP contribution >= 0.6 is 0 Å². The van der Waals surface area contributed by atoms with Crippen LogP contribution in [-0.4, -0.2) is 46.4 Å². The van der Waals surface area contributed by atoms with Crippen molar-refractivity contribution in [3.8, 4) is 0 Å². The highest BCUT2D eigenvalue weighted by Gasteiger charge is 2.17. The molecule has 0 saturated heterocycles. The van der Waals surface area contributed by atoms with Gasteiger partial charge >= 0.3 is 0 Å². The Balaban J connectivity index is 3.62. The van der Waals surface area contributed by atoms with E-state index in [4.69, 9.17) is 15.3 Å². The molecule has 0 aliphatic carbocycles. The van der Waals surface area contributed by atoms with Crippen molar-refractivity contribution in [2.45, 2.75) is 44.6 Å². The standard InChI is InChI=1S/C11H24O4/c12-7-3-1-5-10(9-14)11(15)6-2-4-8-13/h10-15H,1-9H2. The summed E-state index contributed by atoms with van der Waals surface area (Å²) in [5.74, 6) is -0.0877. The molecule has 4 nitrogen and oxygen atoms in total. The Kier molecular flexibility index (Phi) is 10.3. The molecule has 2 unspecified atom stereocenters. The zero-order valence-electron chi connectivity index (χ0n) is 9.31. The first kappa shape index (κ1) is 14.8. The lowest BCUT2D eigenvalue weighted by Crippen LogP contribution is -2.24. The van der Waals surface area contributed by atoms with E-state index in [9.17, 15) is 5.11 Å². The molecule has 15 heavy (non-hydrogen) atoms. The maximum Gasteiger partial charge on any atom is 0.0590 e. The van der Waals surface area contributed by atoms with Crippen LogP contribution in [0.1, 0.15) is 38.5 Å². The molecule has 0 rings (SSSR count). The normalized spacial score (nSPS) is 15.2. The minimum atomic E-state index is -0.486. The SMILES string of the molecule is OCCCCC(O)C(CO)CCCCO. The molecule has 0 aliphatic heterocycles. The van der Waals surface area contributed by atoms with E-state index in [1.54, 1.807) is 0 Å². The number of hydrogen-bond donors (Lipinski definition) is 4. The minimum Gasteiger partial charge on any atom is -0.396 e. The molecule has 0 aromatic rings. The quantitative estimate of drug-likeness (QED) is 0.399. The number of hydrogen-bond acceptors (Lipinski definition) is 4. The molecule has 0 bridgehead atoms. The summed E-state index contributed by atoms with van der Waals surface area (Å²) in [5, 5.41) is 36.0. The molecule has 0 amide bonds.